The van der Waals surface area contributed by atoms with Crippen molar-refractivity contribution >= 4 is 5.91 Å². The second-order valence-corrected chi connectivity index (χ2v) is 4.69. The molecule has 0 spiro atoms. The SMILES string of the molecule is CC(C)OCCNC(=O)[C@H](N)Cc1ccc(O)cc1. The van der Waals surface area contributed by atoms with Crippen molar-refractivity contribution in [1.82, 2.24) is 5.32 Å². The van der Waals surface area contributed by atoms with Gasteiger partial charge in [-0.25, -0.2) is 0 Å². The number of phenolic OH excluding ortho intramolecular Hbond substituents is 1. The van der Waals surface area contributed by atoms with E-state index in [0.717, 1.165) is 5.56 Å². The average Bonchev–Trinajstić information content (AvgIpc) is 2.36. The quantitative estimate of drug-likeness (QED) is 0.637. The summed E-state index contributed by atoms with van der Waals surface area (Å²) in [6.45, 7) is 4.83. The van der Waals surface area contributed by atoms with Crippen molar-refractivity contribution in [2.75, 3.05) is 13.2 Å². The van der Waals surface area contributed by atoms with E-state index in [4.69, 9.17) is 15.6 Å². The molecule has 0 saturated heterocycles. The first-order valence-corrected chi connectivity index (χ1v) is 6.42. The number of hydrogen-bond donors (Lipinski definition) is 3. The highest BCUT2D eigenvalue weighted by Gasteiger charge is 2.13. The molecule has 1 aromatic carbocycles. The lowest BCUT2D eigenvalue weighted by Gasteiger charge is -2.13. The number of rotatable bonds is 7. The van der Waals surface area contributed by atoms with Crippen LogP contribution in [0.1, 0.15) is 19.4 Å². The van der Waals surface area contributed by atoms with Crippen molar-refractivity contribution in [3.63, 3.8) is 0 Å². The van der Waals surface area contributed by atoms with Gasteiger partial charge >= 0.3 is 0 Å². The smallest absolute Gasteiger partial charge is 0.237 e. The normalized spacial score (nSPS) is 12.4. The van der Waals surface area contributed by atoms with Gasteiger partial charge in [-0.2, -0.15) is 0 Å². The molecule has 1 atom stereocenters. The van der Waals surface area contributed by atoms with Gasteiger partial charge < -0.3 is 20.9 Å². The Labute approximate surface area is 113 Å². The molecule has 0 aliphatic carbocycles. The summed E-state index contributed by atoms with van der Waals surface area (Å²) in [6, 6.07) is 6.07. The van der Waals surface area contributed by atoms with Crippen LogP contribution in [-0.2, 0) is 16.0 Å². The van der Waals surface area contributed by atoms with Crippen molar-refractivity contribution in [2.45, 2.75) is 32.4 Å². The van der Waals surface area contributed by atoms with Crippen LogP contribution in [0.2, 0.25) is 0 Å². The third kappa shape index (κ3) is 6.22. The number of aromatic hydroxyl groups is 1. The van der Waals surface area contributed by atoms with E-state index in [0.29, 0.717) is 19.6 Å². The van der Waals surface area contributed by atoms with Crippen LogP contribution in [-0.4, -0.2) is 36.3 Å². The molecular weight excluding hydrogens is 244 g/mol. The number of nitrogens with two attached hydrogens (primary N) is 1. The van der Waals surface area contributed by atoms with Crippen molar-refractivity contribution < 1.29 is 14.6 Å². The Bertz CT molecular complexity index is 390. The largest absolute Gasteiger partial charge is 0.508 e. The van der Waals surface area contributed by atoms with Crippen LogP contribution < -0.4 is 11.1 Å². The summed E-state index contributed by atoms with van der Waals surface area (Å²) in [5.41, 5.74) is 6.73. The molecule has 0 radical (unpaired) electrons. The number of carbonyl (C=O) groups excluding carboxylic acids is 1. The maximum Gasteiger partial charge on any atom is 0.237 e. The Morgan fingerprint density at radius 3 is 2.58 bits per heavy atom. The Morgan fingerprint density at radius 1 is 1.37 bits per heavy atom. The van der Waals surface area contributed by atoms with Gasteiger partial charge in [0.2, 0.25) is 5.91 Å². The highest BCUT2D eigenvalue weighted by molar-refractivity contribution is 5.81. The molecule has 0 aliphatic rings. The van der Waals surface area contributed by atoms with Crippen molar-refractivity contribution in [2.24, 2.45) is 5.73 Å². The summed E-state index contributed by atoms with van der Waals surface area (Å²) >= 11 is 0. The summed E-state index contributed by atoms with van der Waals surface area (Å²) in [5.74, 6) is 0.00744. The van der Waals surface area contributed by atoms with Gasteiger partial charge in [-0.1, -0.05) is 12.1 Å². The highest BCUT2D eigenvalue weighted by Crippen LogP contribution is 2.10. The number of ether oxygens (including phenoxy) is 1. The van der Waals surface area contributed by atoms with E-state index in [-0.39, 0.29) is 17.8 Å². The molecule has 0 heterocycles. The van der Waals surface area contributed by atoms with E-state index in [1.165, 1.54) is 0 Å². The third-order valence-corrected chi connectivity index (χ3v) is 2.58. The van der Waals surface area contributed by atoms with Gasteiger partial charge in [0.15, 0.2) is 0 Å². The number of benzene rings is 1. The van der Waals surface area contributed by atoms with Crippen LogP contribution in [0.25, 0.3) is 0 Å². The minimum atomic E-state index is -0.594. The molecule has 0 fully saturated rings. The zero-order valence-electron chi connectivity index (χ0n) is 11.4. The van der Waals surface area contributed by atoms with Gasteiger partial charge in [0.25, 0.3) is 0 Å². The lowest BCUT2D eigenvalue weighted by Crippen LogP contribution is -2.43. The fraction of sp³-hybridized carbons (Fsp3) is 0.500. The van der Waals surface area contributed by atoms with Crippen LogP contribution >= 0.6 is 0 Å². The molecule has 0 aromatic heterocycles. The lowest BCUT2D eigenvalue weighted by atomic mass is 10.1. The van der Waals surface area contributed by atoms with Gasteiger partial charge in [-0.05, 0) is 38.0 Å². The summed E-state index contributed by atoms with van der Waals surface area (Å²) in [7, 11) is 0. The van der Waals surface area contributed by atoms with E-state index in [9.17, 15) is 4.79 Å². The maximum absolute atomic E-state index is 11.7. The summed E-state index contributed by atoms with van der Waals surface area (Å²) < 4.78 is 5.32. The molecule has 5 nitrogen and oxygen atoms in total. The number of hydrogen-bond acceptors (Lipinski definition) is 4. The standard InChI is InChI=1S/C14H22N2O3/c1-10(2)19-8-7-16-14(18)13(15)9-11-3-5-12(17)6-4-11/h3-6,10,13,17H,7-9,15H2,1-2H3,(H,16,18)/t13-/m1/s1. The summed E-state index contributed by atoms with van der Waals surface area (Å²) in [4.78, 5) is 11.7. The molecule has 1 amide bonds. The summed E-state index contributed by atoms with van der Waals surface area (Å²) in [5, 5.41) is 11.9. The van der Waals surface area contributed by atoms with Gasteiger partial charge in [0.05, 0.1) is 18.8 Å². The molecule has 0 bridgehead atoms. The monoisotopic (exact) mass is 266 g/mol. The van der Waals surface area contributed by atoms with Crippen LogP contribution in [0.4, 0.5) is 0 Å². The number of phenols is 1. The van der Waals surface area contributed by atoms with Gasteiger partial charge in [-0.15, -0.1) is 0 Å². The Kier molecular flexibility index (Phi) is 6.32. The molecule has 1 rings (SSSR count). The molecule has 0 saturated carbocycles. The van der Waals surface area contributed by atoms with Crippen molar-refractivity contribution in [3.8, 4) is 5.75 Å². The maximum atomic E-state index is 11.7. The van der Waals surface area contributed by atoms with Crippen LogP contribution in [0.15, 0.2) is 24.3 Å². The Hall–Kier alpha value is -1.59. The fourth-order valence-corrected chi connectivity index (χ4v) is 1.58. The van der Waals surface area contributed by atoms with E-state index >= 15 is 0 Å². The second kappa shape index (κ2) is 7.76. The van der Waals surface area contributed by atoms with E-state index in [1.54, 1.807) is 24.3 Å². The zero-order valence-corrected chi connectivity index (χ0v) is 11.4. The van der Waals surface area contributed by atoms with Crippen LogP contribution in [0, 0.1) is 0 Å². The van der Waals surface area contributed by atoms with E-state index in [2.05, 4.69) is 5.32 Å². The van der Waals surface area contributed by atoms with E-state index < -0.39 is 6.04 Å². The Morgan fingerprint density at radius 2 is 2.00 bits per heavy atom. The second-order valence-electron chi connectivity index (χ2n) is 4.69. The zero-order chi connectivity index (χ0) is 14.3. The fourth-order valence-electron chi connectivity index (χ4n) is 1.58. The van der Waals surface area contributed by atoms with Gasteiger partial charge in [0.1, 0.15) is 5.75 Å². The third-order valence-electron chi connectivity index (χ3n) is 2.58. The first-order valence-electron chi connectivity index (χ1n) is 6.42. The van der Waals surface area contributed by atoms with Crippen LogP contribution in [0.5, 0.6) is 5.75 Å². The Balaban J connectivity index is 2.30. The van der Waals surface area contributed by atoms with Crippen molar-refractivity contribution in [1.29, 1.82) is 0 Å². The number of amides is 1. The first-order chi connectivity index (χ1) is 8.99. The van der Waals surface area contributed by atoms with E-state index in [1.807, 2.05) is 13.8 Å². The van der Waals surface area contributed by atoms with Crippen LogP contribution in [0.3, 0.4) is 0 Å². The molecule has 5 heteroatoms. The van der Waals surface area contributed by atoms with Crippen molar-refractivity contribution in [3.05, 3.63) is 29.8 Å². The predicted molar refractivity (Wildman–Crippen MR) is 73.9 cm³/mol. The topological polar surface area (TPSA) is 84.6 Å². The molecule has 0 unspecified atom stereocenters. The molecule has 4 N–H and O–H groups in total. The molecule has 19 heavy (non-hydrogen) atoms. The molecule has 106 valence electrons. The molecular formula is C14H22N2O3. The highest BCUT2D eigenvalue weighted by atomic mass is 16.5. The van der Waals surface area contributed by atoms with Gasteiger partial charge in [0, 0.05) is 6.54 Å². The summed E-state index contributed by atoms with van der Waals surface area (Å²) in [6.07, 6.45) is 0.597. The first kappa shape index (κ1) is 15.5. The number of nitrogens with one attached hydrogen (secondary N) is 1. The molecule has 0 aliphatic heterocycles. The minimum absolute atomic E-state index is 0.155. The lowest BCUT2D eigenvalue weighted by molar-refractivity contribution is -0.122. The van der Waals surface area contributed by atoms with Gasteiger partial charge in [-0.3, -0.25) is 4.79 Å². The average molecular weight is 266 g/mol. The number of carbonyl (C=O) groups is 1. The molecule has 1 aromatic rings. The predicted octanol–water partition coefficient (Wildman–Crippen LogP) is 0.803. The minimum Gasteiger partial charge on any atom is -0.508 e.